The third-order valence-corrected chi connectivity index (χ3v) is 2.24. The Morgan fingerprint density at radius 3 is 3.07 bits per heavy atom. The molecule has 0 fully saturated rings. The van der Waals surface area contributed by atoms with E-state index in [1.807, 2.05) is 24.3 Å². The third kappa shape index (κ3) is 2.47. The summed E-state index contributed by atoms with van der Waals surface area (Å²) in [7, 11) is 1.70. The fraction of sp³-hybridized carbons (Fsp3) is 0.364. The molecule has 2 N–H and O–H groups in total. The highest BCUT2D eigenvalue weighted by atomic mass is 16.5. The first-order valence-electron chi connectivity index (χ1n) is 5.02. The van der Waals surface area contributed by atoms with E-state index in [1.165, 1.54) is 0 Å². The molecule has 15 heavy (non-hydrogen) atoms. The van der Waals surface area contributed by atoms with E-state index < -0.39 is 0 Å². The number of benzene rings is 1. The molecule has 0 radical (unpaired) electrons. The van der Waals surface area contributed by atoms with E-state index >= 15 is 0 Å². The number of nitrogens with one attached hydrogen (secondary N) is 2. The van der Waals surface area contributed by atoms with Crippen LogP contribution in [0.3, 0.4) is 0 Å². The average Bonchev–Trinajstić information content (AvgIpc) is 2.74. The van der Waals surface area contributed by atoms with Gasteiger partial charge < -0.3 is 15.4 Å². The smallest absolute Gasteiger partial charge is 0.195 e. The molecule has 1 aromatic carbocycles. The lowest BCUT2D eigenvalue weighted by Crippen LogP contribution is -2.26. The summed E-state index contributed by atoms with van der Waals surface area (Å²) in [6.07, 6.45) is 0. The molecule has 1 aliphatic heterocycles. The van der Waals surface area contributed by atoms with Crippen molar-refractivity contribution in [1.82, 2.24) is 5.32 Å². The molecule has 0 spiro atoms. The summed E-state index contributed by atoms with van der Waals surface area (Å²) in [5, 5.41) is 6.43. The first-order valence-corrected chi connectivity index (χ1v) is 5.02. The summed E-state index contributed by atoms with van der Waals surface area (Å²) in [6, 6.07) is 8.07. The molecule has 0 unspecified atom stereocenters. The molecule has 4 nitrogen and oxygen atoms in total. The molecule has 0 atom stereocenters. The molecule has 0 bridgehead atoms. The second-order valence-electron chi connectivity index (χ2n) is 3.37. The van der Waals surface area contributed by atoms with Gasteiger partial charge in [-0.15, -0.1) is 0 Å². The minimum absolute atomic E-state index is 0.608. The molecular formula is C11H15N3O. The van der Waals surface area contributed by atoms with Crippen LogP contribution in [0.4, 0.5) is 5.69 Å². The Balaban J connectivity index is 2.12. The van der Waals surface area contributed by atoms with Crippen LogP contribution in [0.15, 0.2) is 29.3 Å². The molecule has 0 amide bonds. The van der Waals surface area contributed by atoms with Gasteiger partial charge in [0, 0.05) is 24.9 Å². The lowest BCUT2D eigenvalue weighted by atomic mass is 10.2. The number of rotatable bonds is 3. The molecule has 0 aliphatic carbocycles. The molecule has 0 aromatic heterocycles. The maximum Gasteiger partial charge on any atom is 0.195 e. The number of hydrogen-bond donors (Lipinski definition) is 2. The largest absolute Gasteiger partial charge is 0.380 e. The van der Waals surface area contributed by atoms with Crippen molar-refractivity contribution in [3.05, 3.63) is 29.8 Å². The van der Waals surface area contributed by atoms with E-state index in [0.29, 0.717) is 6.61 Å². The Hall–Kier alpha value is -1.55. The first-order chi connectivity index (χ1) is 7.40. The summed E-state index contributed by atoms with van der Waals surface area (Å²) in [5.41, 5.74) is 2.18. The SMILES string of the molecule is COCc1ccccc1NC1=NCCN1. The maximum atomic E-state index is 5.13. The average molecular weight is 205 g/mol. The van der Waals surface area contributed by atoms with Crippen LogP contribution < -0.4 is 10.6 Å². The highest BCUT2D eigenvalue weighted by Crippen LogP contribution is 2.15. The number of ether oxygens (including phenoxy) is 1. The lowest BCUT2D eigenvalue weighted by Gasteiger charge is -2.11. The number of aliphatic imine (C=N–C) groups is 1. The van der Waals surface area contributed by atoms with E-state index in [-0.39, 0.29) is 0 Å². The van der Waals surface area contributed by atoms with Crippen molar-refractivity contribution >= 4 is 11.6 Å². The van der Waals surface area contributed by atoms with Crippen LogP contribution in [0.1, 0.15) is 5.56 Å². The van der Waals surface area contributed by atoms with Gasteiger partial charge in [0.15, 0.2) is 5.96 Å². The molecule has 1 aromatic rings. The monoisotopic (exact) mass is 205 g/mol. The Morgan fingerprint density at radius 2 is 2.33 bits per heavy atom. The molecule has 0 saturated heterocycles. The zero-order valence-electron chi connectivity index (χ0n) is 8.79. The Kier molecular flexibility index (Phi) is 3.19. The van der Waals surface area contributed by atoms with Crippen LogP contribution in [0, 0.1) is 0 Å². The standard InChI is InChI=1S/C11H15N3O/c1-15-8-9-4-2-3-5-10(9)14-11-12-6-7-13-11/h2-5H,6-8H2,1H3,(H2,12,13,14). The normalized spacial score (nSPS) is 14.6. The number of nitrogens with zero attached hydrogens (tertiary/aromatic N) is 1. The Labute approximate surface area is 89.4 Å². The number of para-hydroxylation sites is 1. The van der Waals surface area contributed by atoms with Gasteiger partial charge in [-0.05, 0) is 6.07 Å². The third-order valence-electron chi connectivity index (χ3n) is 2.24. The van der Waals surface area contributed by atoms with Gasteiger partial charge in [0.05, 0.1) is 13.2 Å². The number of anilines is 1. The molecular weight excluding hydrogens is 190 g/mol. The van der Waals surface area contributed by atoms with E-state index in [9.17, 15) is 0 Å². The van der Waals surface area contributed by atoms with Crippen molar-refractivity contribution in [3.8, 4) is 0 Å². The minimum Gasteiger partial charge on any atom is -0.380 e. The van der Waals surface area contributed by atoms with Crippen molar-refractivity contribution in [2.45, 2.75) is 6.61 Å². The number of methoxy groups -OCH3 is 1. The Bertz CT molecular complexity index is 363. The van der Waals surface area contributed by atoms with Crippen LogP contribution in [0.2, 0.25) is 0 Å². The van der Waals surface area contributed by atoms with Gasteiger partial charge in [-0.1, -0.05) is 18.2 Å². The summed E-state index contributed by atoms with van der Waals surface area (Å²) in [6.45, 7) is 2.36. The fourth-order valence-corrected chi connectivity index (χ4v) is 1.53. The molecule has 2 rings (SSSR count). The summed E-state index contributed by atoms with van der Waals surface area (Å²) in [4.78, 5) is 4.29. The van der Waals surface area contributed by atoms with E-state index in [1.54, 1.807) is 7.11 Å². The van der Waals surface area contributed by atoms with Crippen LogP contribution in [0.25, 0.3) is 0 Å². The summed E-state index contributed by atoms with van der Waals surface area (Å²) in [5.74, 6) is 0.846. The maximum absolute atomic E-state index is 5.13. The van der Waals surface area contributed by atoms with E-state index in [2.05, 4.69) is 15.6 Å². The van der Waals surface area contributed by atoms with Crippen molar-refractivity contribution < 1.29 is 4.74 Å². The van der Waals surface area contributed by atoms with E-state index in [0.717, 1.165) is 30.3 Å². The zero-order valence-corrected chi connectivity index (χ0v) is 8.79. The highest BCUT2D eigenvalue weighted by molar-refractivity contribution is 5.95. The molecule has 80 valence electrons. The van der Waals surface area contributed by atoms with Crippen molar-refractivity contribution in [2.75, 3.05) is 25.5 Å². The van der Waals surface area contributed by atoms with Gasteiger partial charge in [-0.3, -0.25) is 4.99 Å². The Morgan fingerprint density at radius 1 is 1.47 bits per heavy atom. The first kappa shape index (κ1) is 9.98. The van der Waals surface area contributed by atoms with E-state index in [4.69, 9.17) is 4.74 Å². The summed E-state index contributed by atoms with van der Waals surface area (Å²) < 4.78 is 5.13. The fourth-order valence-electron chi connectivity index (χ4n) is 1.53. The van der Waals surface area contributed by atoms with Crippen molar-refractivity contribution in [3.63, 3.8) is 0 Å². The second kappa shape index (κ2) is 4.79. The molecule has 4 heteroatoms. The predicted octanol–water partition coefficient (Wildman–Crippen LogP) is 1.20. The second-order valence-corrected chi connectivity index (χ2v) is 3.37. The summed E-state index contributed by atoms with van der Waals surface area (Å²) >= 11 is 0. The minimum atomic E-state index is 0.608. The van der Waals surface area contributed by atoms with Gasteiger partial charge in [-0.2, -0.15) is 0 Å². The van der Waals surface area contributed by atoms with Crippen LogP contribution in [0.5, 0.6) is 0 Å². The lowest BCUT2D eigenvalue weighted by molar-refractivity contribution is 0.185. The topological polar surface area (TPSA) is 45.6 Å². The number of hydrogen-bond acceptors (Lipinski definition) is 4. The quantitative estimate of drug-likeness (QED) is 0.779. The van der Waals surface area contributed by atoms with Gasteiger partial charge in [0.1, 0.15) is 0 Å². The zero-order chi connectivity index (χ0) is 10.5. The van der Waals surface area contributed by atoms with Gasteiger partial charge in [-0.25, -0.2) is 0 Å². The van der Waals surface area contributed by atoms with Crippen LogP contribution in [-0.4, -0.2) is 26.2 Å². The van der Waals surface area contributed by atoms with Gasteiger partial charge in [0.2, 0.25) is 0 Å². The highest BCUT2D eigenvalue weighted by Gasteiger charge is 2.07. The van der Waals surface area contributed by atoms with Gasteiger partial charge >= 0.3 is 0 Å². The predicted molar refractivity (Wildman–Crippen MR) is 61.1 cm³/mol. The molecule has 1 heterocycles. The van der Waals surface area contributed by atoms with Gasteiger partial charge in [0.25, 0.3) is 0 Å². The van der Waals surface area contributed by atoms with Crippen molar-refractivity contribution in [1.29, 1.82) is 0 Å². The number of guanidine groups is 1. The van der Waals surface area contributed by atoms with Crippen LogP contribution in [-0.2, 0) is 11.3 Å². The van der Waals surface area contributed by atoms with Crippen LogP contribution >= 0.6 is 0 Å². The molecule has 1 aliphatic rings. The molecule has 0 saturated carbocycles. The van der Waals surface area contributed by atoms with Crippen molar-refractivity contribution in [2.24, 2.45) is 4.99 Å².